The zero-order valence-corrected chi connectivity index (χ0v) is 14.3. The van der Waals surface area contributed by atoms with Crippen LogP contribution in [-0.2, 0) is 16.0 Å². The lowest BCUT2D eigenvalue weighted by molar-refractivity contribution is 0.122. The lowest BCUT2D eigenvalue weighted by atomic mass is 10.1. The van der Waals surface area contributed by atoms with Crippen LogP contribution in [0, 0.1) is 5.82 Å². The first kappa shape index (κ1) is 18.5. The minimum atomic E-state index is -0.229. The molecule has 134 valence electrons. The summed E-state index contributed by atoms with van der Waals surface area (Å²) in [5.41, 5.74) is 7.22. The molecule has 0 amide bonds. The third kappa shape index (κ3) is 5.98. The van der Waals surface area contributed by atoms with Crippen LogP contribution >= 0.6 is 0 Å². The van der Waals surface area contributed by atoms with Crippen molar-refractivity contribution in [3.8, 4) is 0 Å². The number of morpholine rings is 1. The molecule has 0 saturated carbocycles. The predicted octanol–water partition coefficient (Wildman–Crippen LogP) is 1.49. The summed E-state index contributed by atoms with van der Waals surface area (Å²) in [5.74, 6) is 0.136. The van der Waals surface area contributed by atoms with E-state index in [4.69, 9.17) is 15.2 Å². The number of guanidine groups is 1. The van der Waals surface area contributed by atoms with Gasteiger partial charge in [-0.15, -0.1) is 0 Å². The molecule has 0 unspecified atom stereocenters. The molecule has 1 aromatic rings. The molecule has 1 aliphatic rings. The molecule has 0 spiro atoms. The average molecular weight is 338 g/mol. The van der Waals surface area contributed by atoms with Gasteiger partial charge in [-0.2, -0.15) is 0 Å². The molecule has 0 atom stereocenters. The number of aliphatic imine (C=N–C) groups is 1. The van der Waals surface area contributed by atoms with Crippen LogP contribution in [-0.4, -0.2) is 52.0 Å². The van der Waals surface area contributed by atoms with Crippen LogP contribution in [0.15, 0.2) is 23.2 Å². The first-order chi connectivity index (χ1) is 11.7. The van der Waals surface area contributed by atoms with Gasteiger partial charge in [0, 0.05) is 32.8 Å². The van der Waals surface area contributed by atoms with E-state index in [1.165, 1.54) is 6.07 Å². The highest BCUT2D eigenvalue weighted by Crippen LogP contribution is 2.21. The molecular weight excluding hydrogens is 311 g/mol. The number of nitrogens with two attached hydrogens (primary N) is 1. The van der Waals surface area contributed by atoms with Gasteiger partial charge in [-0.3, -0.25) is 0 Å². The minimum Gasteiger partial charge on any atom is -0.382 e. The quantitative estimate of drug-likeness (QED) is 0.427. The van der Waals surface area contributed by atoms with Crippen LogP contribution in [0.25, 0.3) is 0 Å². The number of ether oxygens (including phenoxy) is 2. The van der Waals surface area contributed by atoms with Crippen molar-refractivity contribution in [2.45, 2.75) is 19.9 Å². The topological polar surface area (TPSA) is 72.1 Å². The van der Waals surface area contributed by atoms with Crippen LogP contribution in [0.4, 0.5) is 10.1 Å². The van der Waals surface area contributed by atoms with Crippen LogP contribution in [0.3, 0.4) is 0 Å². The van der Waals surface area contributed by atoms with Gasteiger partial charge < -0.3 is 25.4 Å². The Kier molecular flexibility index (Phi) is 7.77. The second kappa shape index (κ2) is 10.1. The Morgan fingerprint density at radius 2 is 2.21 bits per heavy atom. The number of nitrogens with zero attached hydrogens (tertiary/aromatic N) is 2. The summed E-state index contributed by atoms with van der Waals surface area (Å²) >= 11 is 0. The largest absolute Gasteiger partial charge is 0.382 e. The van der Waals surface area contributed by atoms with Gasteiger partial charge in [0.25, 0.3) is 0 Å². The first-order valence-corrected chi connectivity index (χ1v) is 8.43. The lowest BCUT2D eigenvalue weighted by Crippen LogP contribution is -2.36. The molecule has 7 heteroatoms. The number of nitrogens with one attached hydrogen (secondary N) is 1. The first-order valence-electron chi connectivity index (χ1n) is 8.43. The zero-order valence-electron chi connectivity index (χ0n) is 14.3. The summed E-state index contributed by atoms with van der Waals surface area (Å²) in [6.07, 6.45) is 0.868. The average Bonchev–Trinajstić information content (AvgIpc) is 2.60. The van der Waals surface area contributed by atoms with E-state index in [1.54, 1.807) is 6.07 Å². The summed E-state index contributed by atoms with van der Waals surface area (Å²) < 4.78 is 24.8. The summed E-state index contributed by atoms with van der Waals surface area (Å²) in [5, 5.41) is 3.02. The Labute approximate surface area is 142 Å². The number of benzene rings is 1. The smallest absolute Gasteiger partial charge is 0.188 e. The highest BCUT2D eigenvalue weighted by molar-refractivity contribution is 5.77. The Morgan fingerprint density at radius 1 is 1.42 bits per heavy atom. The minimum absolute atomic E-state index is 0.229. The fourth-order valence-corrected chi connectivity index (χ4v) is 2.48. The number of anilines is 1. The molecule has 0 bridgehead atoms. The molecule has 0 radical (unpaired) electrons. The van der Waals surface area contributed by atoms with E-state index in [2.05, 4.69) is 10.3 Å². The molecule has 3 N–H and O–H groups in total. The Balaban J connectivity index is 1.81. The van der Waals surface area contributed by atoms with Crippen LogP contribution in [0.5, 0.6) is 0 Å². The predicted molar refractivity (Wildman–Crippen MR) is 93.9 cm³/mol. The van der Waals surface area contributed by atoms with Crippen molar-refractivity contribution in [2.24, 2.45) is 10.7 Å². The van der Waals surface area contributed by atoms with Crippen molar-refractivity contribution < 1.29 is 13.9 Å². The van der Waals surface area contributed by atoms with Gasteiger partial charge in [0.2, 0.25) is 0 Å². The number of halogens is 1. The molecular formula is C17H27FN4O2. The maximum Gasteiger partial charge on any atom is 0.188 e. The Bertz CT molecular complexity index is 533. The SMILES string of the molecule is CCOCCCNC(N)=NCc1ccc(N2CCOCC2)c(F)c1. The Morgan fingerprint density at radius 3 is 2.92 bits per heavy atom. The molecule has 1 fully saturated rings. The summed E-state index contributed by atoms with van der Waals surface area (Å²) in [7, 11) is 0. The van der Waals surface area contributed by atoms with E-state index in [1.807, 2.05) is 17.9 Å². The van der Waals surface area contributed by atoms with Crippen molar-refractivity contribution in [1.82, 2.24) is 5.32 Å². The fraction of sp³-hybridized carbons (Fsp3) is 0.588. The maximum absolute atomic E-state index is 14.3. The summed E-state index contributed by atoms with van der Waals surface area (Å²) in [6.45, 7) is 7.14. The van der Waals surface area contributed by atoms with Crippen molar-refractivity contribution in [2.75, 3.05) is 51.0 Å². The highest BCUT2D eigenvalue weighted by Gasteiger charge is 2.15. The third-order valence-electron chi connectivity index (χ3n) is 3.77. The zero-order chi connectivity index (χ0) is 17.2. The van der Waals surface area contributed by atoms with Crippen molar-refractivity contribution >= 4 is 11.6 Å². The van der Waals surface area contributed by atoms with Gasteiger partial charge >= 0.3 is 0 Å². The highest BCUT2D eigenvalue weighted by atomic mass is 19.1. The second-order valence-electron chi connectivity index (χ2n) is 5.56. The standard InChI is InChI=1S/C17H27FN4O2/c1-2-23-9-3-6-20-17(19)21-13-14-4-5-16(15(18)12-14)22-7-10-24-11-8-22/h4-5,12H,2-3,6-11,13H2,1H3,(H3,19,20,21). The second-order valence-corrected chi connectivity index (χ2v) is 5.56. The molecule has 2 rings (SSSR count). The summed E-state index contributed by atoms with van der Waals surface area (Å²) in [6, 6.07) is 5.22. The third-order valence-corrected chi connectivity index (χ3v) is 3.77. The lowest BCUT2D eigenvalue weighted by Gasteiger charge is -2.29. The molecule has 0 aliphatic carbocycles. The van der Waals surface area contributed by atoms with E-state index >= 15 is 0 Å². The van der Waals surface area contributed by atoms with Crippen LogP contribution < -0.4 is 16.0 Å². The molecule has 1 aliphatic heterocycles. The van der Waals surface area contributed by atoms with Crippen molar-refractivity contribution in [1.29, 1.82) is 0 Å². The van der Waals surface area contributed by atoms with Gasteiger partial charge in [0.15, 0.2) is 5.96 Å². The number of rotatable bonds is 8. The van der Waals surface area contributed by atoms with E-state index < -0.39 is 0 Å². The molecule has 1 aromatic carbocycles. The number of hydrogen-bond acceptors (Lipinski definition) is 4. The molecule has 0 aromatic heterocycles. The van der Waals surface area contributed by atoms with E-state index in [-0.39, 0.29) is 5.82 Å². The van der Waals surface area contributed by atoms with Gasteiger partial charge in [0.05, 0.1) is 25.4 Å². The summed E-state index contributed by atoms with van der Waals surface area (Å²) in [4.78, 5) is 6.24. The van der Waals surface area contributed by atoms with Crippen LogP contribution in [0.2, 0.25) is 0 Å². The van der Waals surface area contributed by atoms with Gasteiger partial charge in [0.1, 0.15) is 5.82 Å². The van der Waals surface area contributed by atoms with Crippen LogP contribution in [0.1, 0.15) is 18.9 Å². The number of hydrogen-bond donors (Lipinski definition) is 2. The van der Waals surface area contributed by atoms with E-state index in [9.17, 15) is 4.39 Å². The molecule has 6 nitrogen and oxygen atoms in total. The normalized spacial score (nSPS) is 15.6. The molecule has 1 saturated heterocycles. The van der Waals surface area contributed by atoms with E-state index in [0.29, 0.717) is 57.6 Å². The van der Waals surface area contributed by atoms with Gasteiger partial charge in [-0.25, -0.2) is 9.38 Å². The fourth-order valence-electron chi connectivity index (χ4n) is 2.48. The van der Waals surface area contributed by atoms with Crippen molar-refractivity contribution in [3.05, 3.63) is 29.6 Å². The monoisotopic (exact) mass is 338 g/mol. The van der Waals surface area contributed by atoms with Gasteiger partial charge in [-0.05, 0) is 31.0 Å². The maximum atomic E-state index is 14.3. The molecule has 24 heavy (non-hydrogen) atoms. The Hall–Kier alpha value is -1.86. The molecule has 1 heterocycles. The van der Waals surface area contributed by atoms with Gasteiger partial charge in [-0.1, -0.05) is 6.07 Å². The van der Waals surface area contributed by atoms with Crippen molar-refractivity contribution in [3.63, 3.8) is 0 Å². The van der Waals surface area contributed by atoms with E-state index in [0.717, 1.165) is 18.6 Å².